The Morgan fingerprint density at radius 1 is 1.11 bits per heavy atom. The van der Waals surface area contributed by atoms with Crippen LogP contribution in [0.25, 0.3) is 0 Å². The van der Waals surface area contributed by atoms with Crippen molar-refractivity contribution in [2.24, 2.45) is 11.3 Å². The van der Waals surface area contributed by atoms with Gasteiger partial charge in [-0.15, -0.1) is 0 Å². The number of carbonyl (C=O) groups is 1. The number of nitrogens with zero attached hydrogens (tertiary/aromatic N) is 3. The van der Waals surface area contributed by atoms with E-state index in [1.807, 2.05) is 18.7 Å². The number of hydrogen-bond acceptors (Lipinski definition) is 6. The van der Waals surface area contributed by atoms with Crippen LogP contribution in [0.4, 0.5) is 0 Å². The molecule has 8 nitrogen and oxygen atoms in total. The molecule has 4 aliphatic rings. The van der Waals surface area contributed by atoms with Gasteiger partial charge in [0, 0.05) is 43.2 Å². The predicted molar refractivity (Wildman–Crippen MR) is 137 cm³/mol. The molecule has 0 bridgehead atoms. The molecule has 0 spiro atoms. The van der Waals surface area contributed by atoms with Gasteiger partial charge in [-0.2, -0.15) is 4.31 Å². The van der Waals surface area contributed by atoms with E-state index in [9.17, 15) is 18.3 Å². The number of hydrogen-bond donors (Lipinski definition) is 1. The van der Waals surface area contributed by atoms with E-state index in [4.69, 9.17) is 16.3 Å². The molecule has 5 rings (SSSR count). The van der Waals surface area contributed by atoms with Gasteiger partial charge in [-0.3, -0.25) is 9.69 Å². The number of sulfonamides is 1. The Bertz CT molecular complexity index is 1060. The first-order chi connectivity index (χ1) is 17.1. The fraction of sp³-hybridized carbons (Fsp3) is 0.731. The minimum Gasteiger partial charge on any atom is -0.394 e. The topological polar surface area (TPSA) is 90.4 Å². The highest BCUT2D eigenvalue weighted by Crippen LogP contribution is 2.56. The molecule has 4 fully saturated rings. The molecule has 1 amide bonds. The van der Waals surface area contributed by atoms with Gasteiger partial charge in [0.05, 0.1) is 36.8 Å². The number of morpholine rings is 1. The molecule has 1 aromatic carbocycles. The fourth-order valence-corrected chi connectivity index (χ4v) is 7.95. The first kappa shape index (κ1) is 26.4. The van der Waals surface area contributed by atoms with Crippen LogP contribution in [0.1, 0.15) is 46.0 Å². The quantitative estimate of drug-likeness (QED) is 0.546. The van der Waals surface area contributed by atoms with Crippen molar-refractivity contribution in [3.8, 4) is 0 Å². The zero-order valence-electron chi connectivity index (χ0n) is 21.2. The second-order valence-electron chi connectivity index (χ2n) is 11.6. The Morgan fingerprint density at radius 3 is 2.31 bits per heavy atom. The molecule has 2 saturated carbocycles. The van der Waals surface area contributed by atoms with Crippen molar-refractivity contribution in [1.82, 2.24) is 14.1 Å². The third-order valence-electron chi connectivity index (χ3n) is 8.73. The predicted octanol–water partition coefficient (Wildman–Crippen LogP) is 2.59. The molecule has 36 heavy (non-hydrogen) atoms. The highest BCUT2D eigenvalue weighted by atomic mass is 35.5. The largest absolute Gasteiger partial charge is 0.394 e. The van der Waals surface area contributed by atoms with E-state index in [0.29, 0.717) is 43.7 Å². The number of halogens is 1. The number of rotatable bonds is 8. The van der Waals surface area contributed by atoms with Crippen molar-refractivity contribution in [3.05, 3.63) is 29.3 Å². The number of aliphatic hydroxyl groups excluding tert-OH is 1. The summed E-state index contributed by atoms with van der Waals surface area (Å²) in [5.41, 5.74) is -0.688. The molecule has 2 aliphatic heterocycles. The molecule has 2 unspecified atom stereocenters. The standard InChI is InChI=1S/C26H38ClN3O5S/c1-25(2,18-31)29-13-11-28(12-14-29)24(32)15-26(9-10-26)23-17-35-16-22(19-3-4-19)30(23)36(33,34)21-7-5-20(27)6-8-21/h5-8,19,22-23,31H,3-4,9-18H2,1-2H3. The summed E-state index contributed by atoms with van der Waals surface area (Å²) in [7, 11) is -3.77. The maximum Gasteiger partial charge on any atom is 0.243 e. The third kappa shape index (κ3) is 5.07. The average Bonchev–Trinajstić information content (AvgIpc) is 3.80. The lowest BCUT2D eigenvalue weighted by Crippen LogP contribution is -2.60. The van der Waals surface area contributed by atoms with Crippen LogP contribution in [0.2, 0.25) is 5.02 Å². The Hall–Kier alpha value is -1.23. The van der Waals surface area contributed by atoms with Gasteiger partial charge in [-0.1, -0.05) is 11.6 Å². The Balaban J connectivity index is 1.34. The van der Waals surface area contributed by atoms with Crippen LogP contribution in [-0.4, -0.2) is 97.2 Å². The first-order valence-corrected chi connectivity index (χ1v) is 14.9. The van der Waals surface area contributed by atoms with Crippen LogP contribution in [-0.2, 0) is 19.6 Å². The van der Waals surface area contributed by atoms with Gasteiger partial charge in [0.2, 0.25) is 15.9 Å². The minimum absolute atomic E-state index is 0.0752. The second-order valence-corrected chi connectivity index (χ2v) is 13.9. The molecule has 10 heteroatoms. The maximum absolute atomic E-state index is 14.0. The summed E-state index contributed by atoms with van der Waals surface area (Å²) in [4.78, 5) is 17.8. The molecule has 2 atom stereocenters. The Morgan fingerprint density at radius 2 is 1.75 bits per heavy atom. The van der Waals surface area contributed by atoms with Crippen LogP contribution in [0.15, 0.2) is 29.2 Å². The summed E-state index contributed by atoms with van der Waals surface area (Å²) < 4.78 is 35.7. The summed E-state index contributed by atoms with van der Waals surface area (Å²) in [6.45, 7) is 7.51. The van der Waals surface area contributed by atoms with Gasteiger partial charge in [-0.05, 0) is 75.1 Å². The van der Waals surface area contributed by atoms with Crippen LogP contribution in [0.5, 0.6) is 0 Å². The van der Waals surface area contributed by atoms with E-state index in [1.54, 1.807) is 28.6 Å². The first-order valence-electron chi connectivity index (χ1n) is 13.1. The Labute approximate surface area is 219 Å². The minimum atomic E-state index is -3.77. The van der Waals surface area contributed by atoms with Crippen molar-refractivity contribution >= 4 is 27.5 Å². The van der Waals surface area contributed by atoms with Gasteiger partial charge in [-0.25, -0.2) is 8.42 Å². The highest BCUT2D eigenvalue weighted by Gasteiger charge is 2.59. The summed E-state index contributed by atoms with van der Waals surface area (Å²) in [6, 6.07) is 5.84. The molecule has 2 heterocycles. The second kappa shape index (κ2) is 9.82. The molecule has 0 aromatic heterocycles. The normalized spacial score (nSPS) is 27.7. The van der Waals surface area contributed by atoms with Gasteiger partial charge in [0.15, 0.2) is 0 Å². The molecule has 200 valence electrons. The number of piperazine rings is 1. The molecular weight excluding hydrogens is 502 g/mol. The number of benzene rings is 1. The number of aliphatic hydroxyl groups is 1. The van der Waals surface area contributed by atoms with E-state index in [2.05, 4.69) is 4.90 Å². The lowest BCUT2D eigenvalue weighted by atomic mass is 9.90. The third-order valence-corrected chi connectivity index (χ3v) is 10.9. The van der Waals surface area contributed by atoms with E-state index >= 15 is 0 Å². The van der Waals surface area contributed by atoms with E-state index < -0.39 is 10.0 Å². The van der Waals surface area contributed by atoms with Crippen molar-refractivity contribution < 1.29 is 23.1 Å². The number of amides is 1. The summed E-state index contributed by atoms with van der Waals surface area (Å²) >= 11 is 6.04. The highest BCUT2D eigenvalue weighted by molar-refractivity contribution is 7.89. The van der Waals surface area contributed by atoms with E-state index in [0.717, 1.165) is 38.8 Å². The van der Waals surface area contributed by atoms with Crippen molar-refractivity contribution in [2.45, 2.75) is 68.5 Å². The van der Waals surface area contributed by atoms with Gasteiger partial charge in [0.25, 0.3) is 0 Å². The maximum atomic E-state index is 14.0. The summed E-state index contributed by atoms with van der Waals surface area (Å²) in [5.74, 6) is 0.399. The SMILES string of the molecule is CC(C)(CO)N1CCN(C(=O)CC2(C3COCC(C4CC4)N3S(=O)(=O)c3ccc(Cl)cc3)CC2)CC1. The number of ether oxygens (including phenoxy) is 1. The summed E-state index contributed by atoms with van der Waals surface area (Å²) in [6.07, 6.45) is 4.01. The zero-order chi connectivity index (χ0) is 25.7. The van der Waals surface area contributed by atoms with Crippen molar-refractivity contribution in [1.29, 1.82) is 0 Å². The van der Waals surface area contributed by atoms with Crippen LogP contribution >= 0.6 is 11.6 Å². The molecule has 0 radical (unpaired) electrons. The van der Waals surface area contributed by atoms with Crippen LogP contribution in [0.3, 0.4) is 0 Å². The molecule has 1 aromatic rings. The molecule has 2 saturated heterocycles. The summed E-state index contributed by atoms with van der Waals surface area (Å²) in [5, 5.41) is 10.2. The average molecular weight is 540 g/mol. The lowest BCUT2D eigenvalue weighted by Gasteiger charge is -2.46. The molecule has 2 aliphatic carbocycles. The smallest absolute Gasteiger partial charge is 0.243 e. The molecular formula is C26H38ClN3O5S. The Kier molecular flexibility index (Phi) is 7.20. The molecule has 1 N–H and O–H groups in total. The van der Waals surface area contributed by atoms with Gasteiger partial charge >= 0.3 is 0 Å². The van der Waals surface area contributed by atoms with Crippen molar-refractivity contribution in [2.75, 3.05) is 46.0 Å². The van der Waals surface area contributed by atoms with Gasteiger partial charge in [0.1, 0.15) is 0 Å². The number of carbonyl (C=O) groups excluding carboxylic acids is 1. The van der Waals surface area contributed by atoms with E-state index in [1.165, 1.54) is 0 Å². The van der Waals surface area contributed by atoms with Gasteiger partial charge < -0.3 is 14.7 Å². The van der Waals surface area contributed by atoms with Crippen LogP contribution < -0.4 is 0 Å². The zero-order valence-corrected chi connectivity index (χ0v) is 22.8. The monoisotopic (exact) mass is 539 g/mol. The van der Waals surface area contributed by atoms with Crippen LogP contribution in [0, 0.1) is 11.3 Å². The fourth-order valence-electron chi connectivity index (χ4n) is 5.89. The van der Waals surface area contributed by atoms with E-state index in [-0.39, 0.29) is 40.4 Å². The van der Waals surface area contributed by atoms with Crippen molar-refractivity contribution in [3.63, 3.8) is 0 Å². The lowest BCUT2D eigenvalue weighted by molar-refractivity contribution is -0.137.